The number of carbonyl (C=O) groups excluding carboxylic acids is 1. The SMILES string of the molecule is CN(CCCS(C)(=O)=O)C(=O)[C@@H](N)c1ccccc1. The minimum absolute atomic E-state index is 0.0746. The molecule has 1 rings (SSSR count). The van der Waals surface area contributed by atoms with Gasteiger partial charge in [0.25, 0.3) is 0 Å². The van der Waals surface area contributed by atoms with Gasteiger partial charge in [0, 0.05) is 19.8 Å². The molecule has 0 bridgehead atoms. The zero-order valence-electron chi connectivity index (χ0n) is 11.2. The molecule has 1 amide bonds. The fraction of sp³-hybridized carbons (Fsp3) is 0.462. The van der Waals surface area contributed by atoms with Crippen molar-refractivity contribution in [3.05, 3.63) is 35.9 Å². The van der Waals surface area contributed by atoms with E-state index < -0.39 is 15.9 Å². The van der Waals surface area contributed by atoms with Crippen LogP contribution in [0, 0.1) is 0 Å². The van der Waals surface area contributed by atoms with Gasteiger partial charge in [-0.05, 0) is 12.0 Å². The number of benzene rings is 1. The minimum Gasteiger partial charge on any atom is -0.344 e. The minimum atomic E-state index is -2.99. The zero-order valence-corrected chi connectivity index (χ0v) is 12.1. The third-order valence-electron chi connectivity index (χ3n) is 2.81. The van der Waals surface area contributed by atoms with Crippen molar-refractivity contribution in [3.63, 3.8) is 0 Å². The van der Waals surface area contributed by atoms with E-state index in [1.54, 1.807) is 19.2 Å². The van der Waals surface area contributed by atoms with Gasteiger partial charge in [0.1, 0.15) is 15.9 Å². The highest BCUT2D eigenvalue weighted by Crippen LogP contribution is 2.12. The Kier molecular flexibility index (Phi) is 5.50. The highest BCUT2D eigenvalue weighted by atomic mass is 32.2. The summed E-state index contributed by atoms with van der Waals surface area (Å²) in [6.07, 6.45) is 1.60. The van der Waals surface area contributed by atoms with Crippen LogP contribution < -0.4 is 5.73 Å². The number of nitrogens with zero attached hydrogens (tertiary/aromatic N) is 1. The molecule has 19 heavy (non-hydrogen) atoms. The van der Waals surface area contributed by atoms with Crippen molar-refractivity contribution in [3.8, 4) is 0 Å². The molecule has 5 nitrogen and oxygen atoms in total. The van der Waals surface area contributed by atoms with Crippen LogP contribution in [0.4, 0.5) is 0 Å². The third-order valence-corrected chi connectivity index (χ3v) is 3.84. The van der Waals surface area contributed by atoms with Crippen molar-refractivity contribution in [1.82, 2.24) is 4.90 Å². The number of hydrogen-bond acceptors (Lipinski definition) is 4. The molecule has 0 aliphatic heterocycles. The summed E-state index contributed by atoms with van der Waals surface area (Å²) in [5, 5.41) is 0. The quantitative estimate of drug-likeness (QED) is 0.828. The lowest BCUT2D eigenvalue weighted by Crippen LogP contribution is -2.36. The van der Waals surface area contributed by atoms with Crippen LogP contribution in [-0.2, 0) is 14.6 Å². The van der Waals surface area contributed by atoms with Gasteiger partial charge in [-0.25, -0.2) is 8.42 Å². The molecule has 0 saturated carbocycles. The molecule has 0 heterocycles. The second-order valence-corrected chi connectivity index (χ2v) is 6.89. The second-order valence-electron chi connectivity index (χ2n) is 4.63. The molecule has 0 radical (unpaired) electrons. The molecule has 0 aliphatic carbocycles. The summed E-state index contributed by atoms with van der Waals surface area (Å²) in [6.45, 7) is 0.381. The van der Waals surface area contributed by atoms with Gasteiger partial charge in [-0.3, -0.25) is 4.79 Å². The van der Waals surface area contributed by atoms with Gasteiger partial charge in [-0.2, -0.15) is 0 Å². The van der Waals surface area contributed by atoms with Crippen LogP contribution in [0.3, 0.4) is 0 Å². The van der Waals surface area contributed by atoms with Gasteiger partial charge < -0.3 is 10.6 Å². The molecule has 1 aromatic rings. The van der Waals surface area contributed by atoms with Crippen LogP contribution in [-0.4, -0.2) is 44.8 Å². The Hall–Kier alpha value is -1.40. The van der Waals surface area contributed by atoms with Gasteiger partial charge in [0.05, 0.1) is 5.75 Å². The van der Waals surface area contributed by atoms with E-state index in [1.807, 2.05) is 18.2 Å². The standard InChI is InChI=1S/C13H20N2O3S/c1-15(9-6-10-19(2,17)18)13(16)12(14)11-7-4-3-5-8-11/h3-5,7-8,12H,6,9-10,14H2,1-2H3/t12-/m0/s1. The Bertz CT molecular complexity index is 514. The summed E-state index contributed by atoms with van der Waals surface area (Å²) >= 11 is 0. The number of hydrogen-bond donors (Lipinski definition) is 1. The highest BCUT2D eigenvalue weighted by Gasteiger charge is 2.19. The van der Waals surface area contributed by atoms with Crippen LogP contribution in [0.2, 0.25) is 0 Å². The van der Waals surface area contributed by atoms with Crippen LogP contribution >= 0.6 is 0 Å². The lowest BCUT2D eigenvalue weighted by atomic mass is 10.1. The van der Waals surface area contributed by atoms with Crippen LogP contribution in [0.1, 0.15) is 18.0 Å². The van der Waals surface area contributed by atoms with E-state index >= 15 is 0 Å². The lowest BCUT2D eigenvalue weighted by molar-refractivity contribution is -0.131. The van der Waals surface area contributed by atoms with Crippen molar-refractivity contribution in [1.29, 1.82) is 0 Å². The predicted octanol–water partition coefficient (Wildman–Crippen LogP) is 0.580. The van der Waals surface area contributed by atoms with Gasteiger partial charge in [0.15, 0.2) is 0 Å². The van der Waals surface area contributed by atoms with Crippen molar-refractivity contribution in [2.75, 3.05) is 25.6 Å². The van der Waals surface area contributed by atoms with Crippen molar-refractivity contribution < 1.29 is 13.2 Å². The molecule has 106 valence electrons. The first-order chi connectivity index (χ1) is 8.81. The first kappa shape index (κ1) is 15.7. The smallest absolute Gasteiger partial charge is 0.243 e. The maximum Gasteiger partial charge on any atom is 0.243 e. The Balaban J connectivity index is 2.53. The van der Waals surface area contributed by atoms with Crippen molar-refractivity contribution in [2.45, 2.75) is 12.5 Å². The maximum atomic E-state index is 12.1. The lowest BCUT2D eigenvalue weighted by Gasteiger charge is -2.21. The largest absolute Gasteiger partial charge is 0.344 e. The predicted molar refractivity (Wildman–Crippen MR) is 75.3 cm³/mol. The van der Waals surface area contributed by atoms with Crippen LogP contribution in [0.5, 0.6) is 0 Å². The average molecular weight is 284 g/mol. The Morgan fingerprint density at radius 1 is 1.32 bits per heavy atom. The monoisotopic (exact) mass is 284 g/mol. The number of nitrogens with two attached hydrogens (primary N) is 1. The Morgan fingerprint density at radius 2 is 1.89 bits per heavy atom. The van der Waals surface area contributed by atoms with Crippen molar-refractivity contribution in [2.24, 2.45) is 5.73 Å². The first-order valence-corrected chi connectivity index (χ1v) is 8.10. The van der Waals surface area contributed by atoms with E-state index in [2.05, 4.69) is 0 Å². The number of sulfone groups is 1. The van der Waals surface area contributed by atoms with E-state index in [1.165, 1.54) is 11.2 Å². The van der Waals surface area contributed by atoms with E-state index in [9.17, 15) is 13.2 Å². The van der Waals surface area contributed by atoms with E-state index in [-0.39, 0.29) is 11.7 Å². The van der Waals surface area contributed by atoms with Crippen molar-refractivity contribution >= 4 is 15.7 Å². The Labute approximate surface area is 114 Å². The van der Waals surface area contributed by atoms with Crippen LogP contribution in [0.15, 0.2) is 30.3 Å². The molecule has 0 spiro atoms. The summed E-state index contributed by atoms with van der Waals surface area (Å²) in [4.78, 5) is 13.5. The molecular weight excluding hydrogens is 264 g/mol. The summed E-state index contributed by atoms with van der Waals surface area (Å²) in [5.41, 5.74) is 6.64. The zero-order chi connectivity index (χ0) is 14.5. The summed E-state index contributed by atoms with van der Waals surface area (Å²) in [6, 6.07) is 8.40. The van der Waals surface area contributed by atoms with Gasteiger partial charge in [-0.1, -0.05) is 30.3 Å². The fourth-order valence-electron chi connectivity index (χ4n) is 1.71. The van der Waals surface area contributed by atoms with E-state index in [0.29, 0.717) is 13.0 Å². The molecule has 1 aromatic carbocycles. The molecule has 0 aliphatic rings. The molecule has 6 heteroatoms. The van der Waals surface area contributed by atoms with Gasteiger partial charge >= 0.3 is 0 Å². The number of carbonyl (C=O) groups is 1. The fourth-order valence-corrected chi connectivity index (χ4v) is 2.37. The maximum absolute atomic E-state index is 12.1. The normalized spacial score (nSPS) is 13.0. The molecule has 0 unspecified atom stereocenters. The first-order valence-electron chi connectivity index (χ1n) is 6.04. The molecule has 0 aromatic heterocycles. The van der Waals surface area contributed by atoms with E-state index in [0.717, 1.165) is 5.56 Å². The summed E-state index contributed by atoms with van der Waals surface area (Å²) in [5.74, 6) is -0.134. The van der Waals surface area contributed by atoms with Gasteiger partial charge in [0.2, 0.25) is 5.91 Å². The second kappa shape index (κ2) is 6.68. The number of likely N-dealkylation sites (N-methyl/N-ethyl adjacent to an activating group) is 1. The van der Waals surface area contributed by atoms with E-state index in [4.69, 9.17) is 5.73 Å². The number of amides is 1. The molecule has 2 N–H and O–H groups in total. The molecular formula is C13H20N2O3S. The molecule has 1 atom stereocenters. The molecule has 0 fully saturated rings. The summed E-state index contributed by atoms with van der Waals surface area (Å²) in [7, 11) is -1.35. The summed E-state index contributed by atoms with van der Waals surface area (Å²) < 4.78 is 22.0. The Morgan fingerprint density at radius 3 is 2.42 bits per heavy atom. The number of rotatable bonds is 6. The molecule has 0 saturated heterocycles. The van der Waals surface area contributed by atoms with Crippen LogP contribution in [0.25, 0.3) is 0 Å². The topological polar surface area (TPSA) is 80.5 Å². The average Bonchev–Trinajstić information content (AvgIpc) is 2.36. The van der Waals surface area contributed by atoms with Gasteiger partial charge in [-0.15, -0.1) is 0 Å². The third kappa shape index (κ3) is 5.40. The highest BCUT2D eigenvalue weighted by molar-refractivity contribution is 7.90.